The molecular weight excluding hydrogens is 250 g/mol. The molecule has 0 amide bonds. The summed E-state index contributed by atoms with van der Waals surface area (Å²) in [6.07, 6.45) is 4.16. The van der Waals surface area contributed by atoms with Crippen molar-refractivity contribution < 1.29 is 9.84 Å². The minimum absolute atomic E-state index is 0.114. The van der Waals surface area contributed by atoms with E-state index in [4.69, 9.17) is 4.74 Å². The van der Waals surface area contributed by atoms with Crippen LogP contribution in [0.1, 0.15) is 37.2 Å². The smallest absolute Gasteiger partial charge is 0.118 e. The van der Waals surface area contributed by atoms with E-state index in [2.05, 4.69) is 31.1 Å². The van der Waals surface area contributed by atoms with Crippen molar-refractivity contribution in [2.45, 2.75) is 37.7 Å². The Morgan fingerprint density at radius 1 is 1.25 bits per heavy atom. The lowest BCUT2D eigenvalue weighted by molar-refractivity contribution is 0.0875. The lowest BCUT2D eigenvalue weighted by Crippen LogP contribution is -2.30. The van der Waals surface area contributed by atoms with Gasteiger partial charge in [-0.15, -0.1) is 0 Å². The summed E-state index contributed by atoms with van der Waals surface area (Å²) < 4.78 is 5.24. The van der Waals surface area contributed by atoms with Crippen molar-refractivity contribution in [1.82, 2.24) is 4.90 Å². The van der Waals surface area contributed by atoms with Gasteiger partial charge in [-0.25, -0.2) is 0 Å². The molecule has 1 aliphatic rings. The maximum atomic E-state index is 9.96. The third-order valence-corrected chi connectivity index (χ3v) is 4.36. The highest BCUT2D eigenvalue weighted by molar-refractivity contribution is 5.30. The molecule has 0 spiro atoms. The monoisotopic (exact) mass is 277 g/mol. The van der Waals surface area contributed by atoms with Crippen molar-refractivity contribution in [3.8, 4) is 5.75 Å². The van der Waals surface area contributed by atoms with Crippen LogP contribution in [0.3, 0.4) is 0 Å². The molecule has 3 atom stereocenters. The molecule has 0 radical (unpaired) electrons. The van der Waals surface area contributed by atoms with Crippen LogP contribution in [0.2, 0.25) is 0 Å². The van der Waals surface area contributed by atoms with Gasteiger partial charge in [-0.05, 0) is 62.9 Å². The van der Waals surface area contributed by atoms with Crippen molar-refractivity contribution in [2.75, 3.05) is 27.7 Å². The molecule has 0 bridgehead atoms. The van der Waals surface area contributed by atoms with Gasteiger partial charge in [-0.2, -0.15) is 0 Å². The van der Waals surface area contributed by atoms with E-state index in [1.54, 1.807) is 7.11 Å². The van der Waals surface area contributed by atoms with Crippen LogP contribution in [0.4, 0.5) is 0 Å². The summed E-state index contributed by atoms with van der Waals surface area (Å²) in [6, 6.07) is 8.43. The first-order valence-corrected chi connectivity index (χ1v) is 7.57. The molecule has 1 saturated carbocycles. The van der Waals surface area contributed by atoms with Gasteiger partial charge in [0.2, 0.25) is 0 Å². The Morgan fingerprint density at radius 2 is 1.95 bits per heavy atom. The third kappa shape index (κ3) is 3.97. The van der Waals surface area contributed by atoms with Gasteiger partial charge in [0.25, 0.3) is 0 Å². The van der Waals surface area contributed by atoms with E-state index in [0.29, 0.717) is 11.8 Å². The van der Waals surface area contributed by atoms with Crippen LogP contribution in [0, 0.1) is 5.92 Å². The molecule has 112 valence electrons. The zero-order valence-electron chi connectivity index (χ0n) is 12.9. The van der Waals surface area contributed by atoms with E-state index in [1.807, 2.05) is 12.1 Å². The summed E-state index contributed by atoms with van der Waals surface area (Å²) in [5, 5.41) is 9.96. The van der Waals surface area contributed by atoms with E-state index >= 15 is 0 Å². The highest BCUT2D eigenvalue weighted by Gasteiger charge is 2.29. The van der Waals surface area contributed by atoms with Crippen LogP contribution in [-0.2, 0) is 0 Å². The Balaban J connectivity index is 2.16. The van der Waals surface area contributed by atoms with Crippen LogP contribution >= 0.6 is 0 Å². The summed E-state index contributed by atoms with van der Waals surface area (Å²) >= 11 is 0. The molecule has 2 rings (SSSR count). The topological polar surface area (TPSA) is 32.7 Å². The Kier molecular flexibility index (Phi) is 5.44. The van der Waals surface area contributed by atoms with Crippen LogP contribution < -0.4 is 4.74 Å². The number of aliphatic hydroxyl groups excluding tert-OH is 1. The molecule has 0 saturated heterocycles. The first-order valence-electron chi connectivity index (χ1n) is 7.57. The molecule has 1 fully saturated rings. The van der Waals surface area contributed by atoms with Crippen molar-refractivity contribution in [3.05, 3.63) is 29.8 Å². The lowest BCUT2D eigenvalue weighted by atomic mass is 9.75. The van der Waals surface area contributed by atoms with Gasteiger partial charge in [0.05, 0.1) is 13.2 Å². The number of nitrogens with zero attached hydrogens (tertiary/aromatic N) is 1. The highest BCUT2D eigenvalue weighted by Crippen LogP contribution is 2.37. The number of methoxy groups -OCH3 is 1. The predicted octanol–water partition coefficient (Wildman–Crippen LogP) is 2.89. The van der Waals surface area contributed by atoms with Crippen LogP contribution in [0.15, 0.2) is 24.3 Å². The summed E-state index contributed by atoms with van der Waals surface area (Å²) in [5.41, 5.74) is 1.36. The second-order valence-corrected chi connectivity index (χ2v) is 6.22. The van der Waals surface area contributed by atoms with Crippen LogP contribution in [0.5, 0.6) is 5.75 Å². The molecule has 3 unspecified atom stereocenters. The standard InChI is InChI=1S/C17H27NO2/c1-18(2)12-17(14-5-4-6-15(19)11-14)13-7-9-16(20-3)10-8-13/h7-10,14-15,17,19H,4-6,11-12H2,1-3H3. The van der Waals surface area contributed by atoms with Gasteiger partial charge < -0.3 is 14.7 Å². The molecule has 1 N–H and O–H groups in total. The van der Waals surface area contributed by atoms with Gasteiger partial charge in [-0.3, -0.25) is 0 Å². The average molecular weight is 277 g/mol. The van der Waals surface area contributed by atoms with Gasteiger partial charge in [-0.1, -0.05) is 18.6 Å². The minimum atomic E-state index is -0.114. The Morgan fingerprint density at radius 3 is 2.50 bits per heavy atom. The molecule has 3 heteroatoms. The molecule has 1 aliphatic carbocycles. The number of benzene rings is 1. The van der Waals surface area contributed by atoms with Crippen molar-refractivity contribution in [2.24, 2.45) is 5.92 Å². The van der Waals surface area contributed by atoms with Crippen molar-refractivity contribution in [1.29, 1.82) is 0 Å². The molecular formula is C17H27NO2. The van der Waals surface area contributed by atoms with E-state index in [-0.39, 0.29) is 6.10 Å². The summed E-state index contributed by atoms with van der Waals surface area (Å²) in [7, 11) is 5.94. The molecule has 20 heavy (non-hydrogen) atoms. The first kappa shape index (κ1) is 15.3. The fraction of sp³-hybridized carbons (Fsp3) is 0.647. The average Bonchev–Trinajstić information content (AvgIpc) is 2.45. The molecule has 1 aromatic rings. The Hall–Kier alpha value is -1.06. The predicted molar refractivity (Wildman–Crippen MR) is 82.3 cm³/mol. The highest BCUT2D eigenvalue weighted by atomic mass is 16.5. The molecule has 1 aromatic carbocycles. The molecule has 3 nitrogen and oxygen atoms in total. The van der Waals surface area contributed by atoms with Gasteiger partial charge in [0, 0.05) is 6.54 Å². The third-order valence-electron chi connectivity index (χ3n) is 4.36. The largest absolute Gasteiger partial charge is 0.497 e. The fourth-order valence-electron chi connectivity index (χ4n) is 3.34. The Labute approximate surface area is 122 Å². The lowest BCUT2D eigenvalue weighted by Gasteiger charge is -2.34. The molecule has 0 aliphatic heterocycles. The van der Waals surface area contributed by atoms with E-state index in [1.165, 1.54) is 12.0 Å². The van der Waals surface area contributed by atoms with Crippen LogP contribution in [0.25, 0.3) is 0 Å². The van der Waals surface area contributed by atoms with Gasteiger partial charge >= 0.3 is 0 Å². The number of likely N-dealkylation sites (N-methyl/N-ethyl adjacent to an activating group) is 1. The van der Waals surface area contributed by atoms with Gasteiger partial charge in [0.1, 0.15) is 5.75 Å². The van der Waals surface area contributed by atoms with Crippen LogP contribution in [-0.4, -0.2) is 43.9 Å². The minimum Gasteiger partial charge on any atom is -0.497 e. The number of aliphatic hydroxyl groups is 1. The number of ether oxygens (including phenoxy) is 1. The summed E-state index contributed by atoms with van der Waals surface area (Å²) in [6.45, 7) is 1.03. The second kappa shape index (κ2) is 7.09. The number of hydrogen-bond donors (Lipinski definition) is 1. The zero-order valence-corrected chi connectivity index (χ0v) is 12.9. The molecule has 0 aromatic heterocycles. The van der Waals surface area contributed by atoms with E-state index < -0.39 is 0 Å². The summed E-state index contributed by atoms with van der Waals surface area (Å²) in [5.74, 6) is 1.97. The van der Waals surface area contributed by atoms with Crippen molar-refractivity contribution in [3.63, 3.8) is 0 Å². The van der Waals surface area contributed by atoms with Crippen molar-refractivity contribution >= 4 is 0 Å². The maximum absolute atomic E-state index is 9.96. The first-order chi connectivity index (χ1) is 9.60. The number of rotatable bonds is 5. The summed E-state index contributed by atoms with van der Waals surface area (Å²) in [4.78, 5) is 2.25. The SMILES string of the molecule is COc1ccc(C(CN(C)C)C2CCCC(O)C2)cc1. The maximum Gasteiger partial charge on any atom is 0.118 e. The van der Waals surface area contributed by atoms with E-state index in [9.17, 15) is 5.11 Å². The normalized spacial score (nSPS) is 24.6. The molecule has 0 heterocycles. The van der Waals surface area contributed by atoms with E-state index in [0.717, 1.165) is 31.6 Å². The Bertz CT molecular complexity index is 402. The fourth-order valence-corrected chi connectivity index (χ4v) is 3.34. The zero-order chi connectivity index (χ0) is 14.5. The second-order valence-electron chi connectivity index (χ2n) is 6.22. The van der Waals surface area contributed by atoms with Gasteiger partial charge in [0.15, 0.2) is 0 Å². The number of hydrogen-bond acceptors (Lipinski definition) is 3. The quantitative estimate of drug-likeness (QED) is 0.898.